The topological polar surface area (TPSA) is 79.3 Å². The molecule has 0 radical (unpaired) electrons. The average molecular weight is 481 g/mol. The number of ether oxygens (including phenoxy) is 2. The molecule has 0 aliphatic carbocycles. The average Bonchev–Trinajstić information content (AvgIpc) is 3.14. The quantitative estimate of drug-likeness (QED) is 0.206. The summed E-state index contributed by atoms with van der Waals surface area (Å²) in [6.07, 6.45) is 2.01. The SMILES string of the molecule is CCCCOc1ccc(C2C(=C(O)c3ccc(OC)cc3)C(=O)C(=O)N2CCN(CC)CC)cc1. The summed E-state index contributed by atoms with van der Waals surface area (Å²) in [5.41, 5.74) is 1.30. The highest BCUT2D eigenvalue weighted by Crippen LogP contribution is 2.39. The number of amides is 1. The van der Waals surface area contributed by atoms with Crippen molar-refractivity contribution in [3.8, 4) is 11.5 Å². The largest absolute Gasteiger partial charge is 0.507 e. The summed E-state index contributed by atoms with van der Waals surface area (Å²) in [4.78, 5) is 30.1. The van der Waals surface area contributed by atoms with Gasteiger partial charge in [-0.1, -0.05) is 39.3 Å². The van der Waals surface area contributed by atoms with Gasteiger partial charge in [0.15, 0.2) is 0 Å². The summed E-state index contributed by atoms with van der Waals surface area (Å²) < 4.78 is 11.0. The van der Waals surface area contributed by atoms with Gasteiger partial charge in [-0.15, -0.1) is 0 Å². The van der Waals surface area contributed by atoms with Gasteiger partial charge in [0.05, 0.1) is 25.3 Å². The summed E-state index contributed by atoms with van der Waals surface area (Å²) >= 11 is 0. The van der Waals surface area contributed by atoms with E-state index >= 15 is 0 Å². The molecule has 1 N–H and O–H groups in total. The van der Waals surface area contributed by atoms with Crippen LogP contribution in [0.3, 0.4) is 0 Å². The van der Waals surface area contributed by atoms with Gasteiger partial charge in [0, 0.05) is 18.7 Å². The second-order valence-corrected chi connectivity index (χ2v) is 8.52. The Bertz CT molecular complexity index is 1030. The van der Waals surface area contributed by atoms with E-state index in [1.165, 1.54) is 0 Å². The van der Waals surface area contributed by atoms with Crippen molar-refractivity contribution in [2.24, 2.45) is 0 Å². The zero-order valence-corrected chi connectivity index (χ0v) is 21.1. The van der Waals surface area contributed by atoms with E-state index in [9.17, 15) is 14.7 Å². The number of hydrogen-bond donors (Lipinski definition) is 1. The maximum Gasteiger partial charge on any atom is 0.295 e. The summed E-state index contributed by atoms with van der Waals surface area (Å²) in [6, 6.07) is 13.5. The van der Waals surface area contributed by atoms with E-state index in [-0.39, 0.29) is 11.3 Å². The molecule has 0 saturated carbocycles. The van der Waals surface area contributed by atoms with Crippen LogP contribution in [-0.2, 0) is 9.59 Å². The molecule has 35 heavy (non-hydrogen) atoms. The Balaban J connectivity index is 2.01. The second-order valence-electron chi connectivity index (χ2n) is 8.52. The van der Waals surface area contributed by atoms with Crippen LogP contribution < -0.4 is 9.47 Å². The zero-order chi connectivity index (χ0) is 25.4. The molecule has 1 aliphatic rings. The fourth-order valence-corrected chi connectivity index (χ4v) is 4.23. The van der Waals surface area contributed by atoms with E-state index in [4.69, 9.17) is 9.47 Å². The van der Waals surface area contributed by atoms with Crippen molar-refractivity contribution >= 4 is 17.4 Å². The van der Waals surface area contributed by atoms with Crippen LogP contribution in [0.4, 0.5) is 0 Å². The molecule has 188 valence electrons. The molecule has 1 aliphatic heterocycles. The number of nitrogens with zero attached hydrogens (tertiary/aromatic N) is 2. The third-order valence-corrected chi connectivity index (χ3v) is 6.42. The normalized spacial score (nSPS) is 17.3. The Morgan fingerprint density at radius 1 is 0.971 bits per heavy atom. The molecular weight excluding hydrogens is 444 g/mol. The van der Waals surface area contributed by atoms with Crippen molar-refractivity contribution < 1.29 is 24.2 Å². The third-order valence-electron chi connectivity index (χ3n) is 6.42. The predicted octanol–water partition coefficient (Wildman–Crippen LogP) is 4.64. The molecule has 1 heterocycles. The minimum Gasteiger partial charge on any atom is -0.507 e. The highest BCUT2D eigenvalue weighted by Gasteiger charge is 2.45. The minimum absolute atomic E-state index is 0.0966. The fourth-order valence-electron chi connectivity index (χ4n) is 4.23. The molecule has 3 rings (SSSR count). The highest BCUT2D eigenvalue weighted by atomic mass is 16.5. The molecule has 1 fully saturated rings. The van der Waals surface area contributed by atoms with Gasteiger partial charge in [-0.2, -0.15) is 0 Å². The number of carbonyl (C=O) groups is 2. The Hall–Kier alpha value is -3.32. The lowest BCUT2D eigenvalue weighted by Crippen LogP contribution is -2.38. The number of rotatable bonds is 12. The Morgan fingerprint density at radius 3 is 2.17 bits per heavy atom. The molecule has 7 nitrogen and oxygen atoms in total. The van der Waals surface area contributed by atoms with Crippen LogP contribution in [0.1, 0.15) is 50.8 Å². The minimum atomic E-state index is -0.683. The number of carbonyl (C=O) groups excluding carboxylic acids is 2. The number of ketones is 1. The van der Waals surface area contributed by atoms with Crippen LogP contribution in [0, 0.1) is 0 Å². The molecule has 0 spiro atoms. The van der Waals surface area contributed by atoms with E-state index in [0.717, 1.165) is 37.2 Å². The van der Waals surface area contributed by atoms with Gasteiger partial charge in [0.1, 0.15) is 17.3 Å². The molecule has 7 heteroatoms. The van der Waals surface area contributed by atoms with E-state index in [1.807, 2.05) is 24.3 Å². The van der Waals surface area contributed by atoms with E-state index in [1.54, 1.807) is 36.3 Å². The molecule has 0 aromatic heterocycles. The molecule has 0 bridgehead atoms. The number of aliphatic hydroxyl groups excluding tert-OH is 1. The standard InChI is InChI=1S/C28H36N2O5/c1-5-8-19-35-23-15-9-20(10-16-23)25-24(26(31)21-11-13-22(34-4)14-12-21)27(32)28(33)30(25)18-17-29(6-2)7-3/h9-16,25,31H,5-8,17-19H2,1-4H3. The number of benzene rings is 2. The number of aliphatic hydroxyl groups is 1. The van der Waals surface area contributed by atoms with Crippen LogP contribution in [0.2, 0.25) is 0 Å². The van der Waals surface area contributed by atoms with Crippen LogP contribution in [0.5, 0.6) is 11.5 Å². The lowest BCUT2D eigenvalue weighted by molar-refractivity contribution is -0.140. The fraction of sp³-hybridized carbons (Fsp3) is 0.429. The van der Waals surface area contributed by atoms with Crippen molar-refractivity contribution in [1.82, 2.24) is 9.80 Å². The van der Waals surface area contributed by atoms with Crippen LogP contribution in [0.15, 0.2) is 54.1 Å². The first-order valence-electron chi connectivity index (χ1n) is 12.3. The van der Waals surface area contributed by atoms with Crippen LogP contribution >= 0.6 is 0 Å². The first-order valence-corrected chi connectivity index (χ1v) is 12.3. The lowest BCUT2D eigenvalue weighted by atomic mass is 9.95. The van der Waals surface area contributed by atoms with E-state index in [2.05, 4.69) is 25.7 Å². The Kier molecular flexibility index (Phi) is 9.32. The van der Waals surface area contributed by atoms with Crippen molar-refractivity contribution in [2.75, 3.05) is 39.9 Å². The monoisotopic (exact) mass is 480 g/mol. The summed E-state index contributed by atoms with van der Waals surface area (Å²) in [6.45, 7) is 9.59. The number of likely N-dealkylation sites (N-methyl/N-ethyl adjacent to an activating group) is 1. The Labute approximate surface area is 207 Å². The van der Waals surface area contributed by atoms with E-state index in [0.29, 0.717) is 31.0 Å². The predicted molar refractivity (Wildman–Crippen MR) is 137 cm³/mol. The molecule has 2 aromatic carbocycles. The molecule has 1 saturated heterocycles. The van der Waals surface area contributed by atoms with Crippen molar-refractivity contribution in [3.05, 3.63) is 65.2 Å². The first kappa shape index (κ1) is 26.3. The maximum absolute atomic E-state index is 13.2. The van der Waals surface area contributed by atoms with Gasteiger partial charge in [-0.3, -0.25) is 9.59 Å². The zero-order valence-electron chi connectivity index (χ0n) is 21.1. The van der Waals surface area contributed by atoms with Crippen LogP contribution in [-0.4, -0.2) is 66.5 Å². The van der Waals surface area contributed by atoms with Gasteiger partial charge in [-0.25, -0.2) is 0 Å². The van der Waals surface area contributed by atoms with Gasteiger partial charge in [0.25, 0.3) is 11.7 Å². The number of likely N-dealkylation sites (tertiary alicyclic amines) is 1. The number of hydrogen-bond acceptors (Lipinski definition) is 6. The lowest BCUT2D eigenvalue weighted by Gasteiger charge is -2.28. The third kappa shape index (κ3) is 6.03. The van der Waals surface area contributed by atoms with E-state index < -0.39 is 17.7 Å². The summed E-state index contributed by atoms with van der Waals surface area (Å²) in [7, 11) is 1.56. The number of methoxy groups -OCH3 is 1. The highest BCUT2D eigenvalue weighted by molar-refractivity contribution is 6.46. The molecule has 1 atom stereocenters. The number of Topliss-reactive ketones (excluding diaryl/α,β-unsaturated/α-hetero) is 1. The molecule has 1 amide bonds. The Morgan fingerprint density at radius 2 is 1.60 bits per heavy atom. The van der Waals surface area contributed by atoms with Crippen molar-refractivity contribution in [1.29, 1.82) is 0 Å². The van der Waals surface area contributed by atoms with Crippen LogP contribution in [0.25, 0.3) is 5.76 Å². The van der Waals surface area contributed by atoms with Crippen molar-refractivity contribution in [3.63, 3.8) is 0 Å². The van der Waals surface area contributed by atoms with Gasteiger partial charge < -0.3 is 24.4 Å². The van der Waals surface area contributed by atoms with Crippen molar-refractivity contribution in [2.45, 2.75) is 39.7 Å². The summed E-state index contributed by atoms with van der Waals surface area (Å²) in [5, 5.41) is 11.2. The number of unbranched alkanes of at least 4 members (excludes halogenated alkanes) is 1. The smallest absolute Gasteiger partial charge is 0.295 e. The molecule has 1 unspecified atom stereocenters. The molecule has 2 aromatic rings. The first-order chi connectivity index (χ1) is 16.9. The van der Waals surface area contributed by atoms with Gasteiger partial charge in [-0.05, 0) is 61.5 Å². The second kappa shape index (κ2) is 12.4. The van der Waals surface area contributed by atoms with Gasteiger partial charge in [0.2, 0.25) is 0 Å². The maximum atomic E-state index is 13.2. The van der Waals surface area contributed by atoms with Gasteiger partial charge >= 0.3 is 0 Å². The summed E-state index contributed by atoms with van der Waals surface area (Å²) in [5.74, 6) is -0.0925. The molecular formula is C28H36N2O5.